The van der Waals surface area contributed by atoms with E-state index in [1.54, 1.807) is 21.1 Å². The zero-order valence-corrected chi connectivity index (χ0v) is 9.32. The molecule has 0 saturated heterocycles. The summed E-state index contributed by atoms with van der Waals surface area (Å²) in [6.45, 7) is 3.23. The van der Waals surface area contributed by atoms with Crippen LogP contribution in [0.15, 0.2) is 12.7 Å². The predicted octanol–water partition coefficient (Wildman–Crippen LogP) is -1.68. The zero-order chi connectivity index (χ0) is 12.3. The van der Waals surface area contributed by atoms with Crippen LogP contribution < -0.4 is 5.11 Å². The van der Waals surface area contributed by atoms with Crippen molar-refractivity contribution in [2.45, 2.75) is 12.0 Å². The average molecular weight is 215 g/mol. The van der Waals surface area contributed by atoms with Crippen molar-refractivity contribution in [1.82, 2.24) is 0 Å². The molecule has 86 valence electrons. The van der Waals surface area contributed by atoms with Crippen molar-refractivity contribution in [3.8, 4) is 0 Å². The Balaban J connectivity index is 4.93. The molecule has 0 aliphatic carbocycles. The molecule has 1 unspecified atom stereocenters. The van der Waals surface area contributed by atoms with Gasteiger partial charge in [-0.15, -0.1) is 0 Å². The molecule has 1 N–H and O–H groups in total. The van der Waals surface area contributed by atoms with Crippen LogP contribution in [0.25, 0.3) is 0 Å². The molecule has 0 bridgehead atoms. The van der Waals surface area contributed by atoms with Crippen LogP contribution in [0.5, 0.6) is 0 Å². The van der Waals surface area contributed by atoms with Gasteiger partial charge < -0.3 is 19.5 Å². The number of carboxylic acids is 1. The van der Waals surface area contributed by atoms with Crippen LogP contribution in [0, 0.1) is 0 Å². The van der Waals surface area contributed by atoms with E-state index in [1.165, 1.54) is 0 Å². The minimum Gasteiger partial charge on any atom is -0.550 e. The van der Waals surface area contributed by atoms with Gasteiger partial charge in [-0.1, -0.05) is 6.58 Å². The molecule has 0 rings (SSSR count). The number of hydrogen-bond acceptors (Lipinski definition) is 4. The summed E-state index contributed by atoms with van der Waals surface area (Å²) in [5.74, 6) is -2.15. The highest BCUT2D eigenvalue weighted by Crippen LogP contribution is 2.15. The van der Waals surface area contributed by atoms with E-state index in [4.69, 9.17) is 0 Å². The molecule has 15 heavy (non-hydrogen) atoms. The Bertz CT molecular complexity index is 280. The monoisotopic (exact) mass is 215 g/mol. The molecule has 5 nitrogen and oxygen atoms in total. The first-order valence-electron chi connectivity index (χ1n) is 4.50. The Morgan fingerprint density at radius 1 is 1.47 bits per heavy atom. The third-order valence-corrected chi connectivity index (χ3v) is 1.82. The lowest BCUT2D eigenvalue weighted by Crippen LogP contribution is -2.55. The van der Waals surface area contributed by atoms with E-state index in [1.807, 2.05) is 0 Å². The molecule has 1 atom stereocenters. The molecule has 0 saturated carbocycles. The number of quaternary nitrogens is 1. The average Bonchev–Trinajstić information content (AvgIpc) is 1.97. The predicted molar refractivity (Wildman–Crippen MR) is 52.7 cm³/mol. The van der Waals surface area contributed by atoms with E-state index in [2.05, 4.69) is 6.58 Å². The van der Waals surface area contributed by atoms with Gasteiger partial charge in [0, 0.05) is 12.4 Å². The van der Waals surface area contributed by atoms with Crippen LogP contribution in [0.1, 0.15) is 6.42 Å². The van der Waals surface area contributed by atoms with Gasteiger partial charge in [0.05, 0.1) is 21.1 Å². The Morgan fingerprint density at radius 3 is 2.20 bits per heavy atom. The van der Waals surface area contributed by atoms with Gasteiger partial charge in [-0.3, -0.25) is 4.79 Å². The van der Waals surface area contributed by atoms with Gasteiger partial charge in [0.1, 0.15) is 6.54 Å². The topological polar surface area (TPSA) is 77.4 Å². The summed E-state index contributed by atoms with van der Waals surface area (Å²) in [5, 5.41) is 20.4. The van der Waals surface area contributed by atoms with Crippen LogP contribution >= 0.6 is 0 Å². The minimum atomic E-state index is -1.93. The van der Waals surface area contributed by atoms with Crippen LogP contribution in [-0.4, -0.2) is 54.6 Å². The van der Waals surface area contributed by atoms with Gasteiger partial charge in [0.15, 0.2) is 11.4 Å². The van der Waals surface area contributed by atoms with Crippen LogP contribution in [-0.2, 0) is 9.59 Å². The standard InChI is InChI=1S/C10H17NO4/c1-5-8(12)10(15,6-9(13)14)7-11(2,3)4/h5,15H,1,6-7H2,2-4H3. The van der Waals surface area contributed by atoms with E-state index in [0.717, 1.165) is 6.08 Å². The molecular weight excluding hydrogens is 198 g/mol. The molecule has 5 heteroatoms. The summed E-state index contributed by atoms with van der Waals surface area (Å²) < 4.78 is 0.267. The third kappa shape index (κ3) is 4.71. The summed E-state index contributed by atoms with van der Waals surface area (Å²) in [5.41, 5.74) is -1.93. The van der Waals surface area contributed by atoms with Gasteiger partial charge in [0.2, 0.25) is 0 Å². The second kappa shape index (κ2) is 4.55. The van der Waals surface area contributed by atoms with Crippen molar-refractivity contribution in [2.75, 3.05) is 27.7 Å². The fraction of sp³-hybridized carbons (Fsp3) is 0.600. The number of aliphatic hydroxyl groups is 1. The molecule has 0 fully saturated rings. The van der Waals surface area contributed by atoms with Crippen LogP contribution in [0.3, 0.4) is 0 Å². The van der Waals surface area contributed by atoms with E-state index < -0.39 is 23.8 Å². The van der Waals surface area contributed by atoms with Crippen molar-refractivity contribution in [1.29, 1.82) is 0 Å². The number of carboxylic acid groups (broad SMARTS) is 1. The molecule has 0 aromatic heterocycles. The summed E-state index contributed by atoms with van der Waals surface area (Å²) in [4.78, 5) is 21.8. The smallest absolute Gasteiger partial charge is 0.192 e. The number of carbonyl (C=O) groups excluding carboxylic acids is 2. The van der Waals surface area contributed by atoms with Crippen LogP contribution in [0.4, 0.5) is 0 Å². The molecule has 0 aromatic carbocycles. The van der Waals surface area contributed by atoms with Crippen molar-refractivity contribution in [2.24, 2.45) is 0 Å². The van der Waals surface area contributed by atoms with E-state index >= 15 is 0 Å². The zero-order valence-electron chi connectivity index (χ0n) is 9.32. The summed E-state index contributed by atoms with van der Waals surface area (Å²) in [7, 11) is 5.24. The lowest BCUT2D eigenvalue weighted by atomic mass is 9.93. The van der Waals surface area contributed by atoms with Gasteiger partial charge in [-0.2, -0.15) is 0 Å². The van der Waals surface area contributed by atoms with E-state index in [-0.39, 0.29) is 11.0 Å². The molecule has 0 radical (unpaired) electrons. The minimum absolute atomic E-state index is 0.00810. The van der Waals surface area contributed by atoms with Gasteiger partial charge in [-0.25, -0.2) is 0 Å². The van der Waals surface area contributed by atoms with Gasteiger partial charge in [0.25, 0.3) is 0 Å². The maximum absolute atomic E-state index is 11.4. The SMILES string of the molecule is C=CC(=O)C(O)(CC(=O)[O-])C[N+](C)(C)C. The van der Waals surface area contributed by atoms with E-state index in [9.17, 15) is 19.8 Å². The Kier molecular flexibility index (Phi) is 4.18. The first kappa shape index (κ1) is 13.8. The number of hydrogen-bond donors (Lipinski definition) is 1. The first-order chi connectivity index (χ1) is 6.60. The Morgan fingerprint density at radius 2 is 1.93 bits per heavy atom. The number of rotatable bonds is 6. The quantitative estimate of drug-likeness (QED) is 0.424. The molecule has 0 aromatic rings. The normalized spacial score (nSPS) is 15.5. The molecule has 0 amide bonds. The summed E-state index contributed by atoms with van der Waals surface area (Å²) in [6.07, 6.45) is 0.214. The maximum Gasteiger partial charge on any atom is 0.192 e. The number of ketones is 1. The Labute approximate surface area is 89.2 Å². The van der Waals surface area contributed by atoms with Crippen LogP contribution in [0.2, 0.25) is 0 Å². The van der Waals surface area contributed by atoms with Gasteiger partial charge >= 0.3 is 0 Å². The highest BCUT2D eigenvalue weighted by atomic mass is 16.4. The van der Waals surface area contributed by atoms with Gasteiger partial charge in [-0.05, 0) is 6.08 Å². The number of carbonyl (C=O) groups is 2. The Hall–Kier alpha value is -1.20. The summed E-state index contributed by atoms with van der Waals surface area (Å²) in [6, 6.07) is 0. The van der Waals surface area contributed by atoms with Crippen molar-refractivity contribution in [3.05, 3.63) is 12.7 Å². The summed E-state index contributed by atoms with van der Waals surface area (Å²) >= 11 is 0. The lowest BCUT2D eigenvalue weighted by molar-refractivity contribution is -0.875. The third-order valence-electron chi connectivity index (χ3n) is 1.82. The molecular formula is C10H17NO4. The van der Waals surface area contributed by atoms with Crippen molar-refractivity contribution >= 4 is 11.8 Å². The number of aliphatic carboxylic acids is 1. The lowest BCUT2D eigenvalue weighted by Gasteiger charge is -2.34. The molecule has 0 aliphatic rings. The van der Waals surface area contributed by atoms with E-state index in [0.29, 0.717) is 0 Å². The largest absolute Gasteiger partial charge is 0.550 e. The fourth-order valence-corrected chi connectivity index (χ4v) is 1.43. The maximum atomic E-state index is 11.4. The van der Waals surface area contributed by atoms with Crippen molar-refractivity contribution < 1.29 is 24.3 Å². The molecule has 0 aliphatic heterocycles. The first-order valence-corrected chi connectivity index (χ1v) is 4.50. The fourth-order valence-electron chi connectivity index (χ4n) is 1.43. The van der Waals surface area contributed by atoms with Crippen molar-refractivity contribution in [3.63, 3.8) is 0 Å². The molecule has 0 spiro atoms. The molecule has 0 heterocycles. The number of nitrogens with zero attached hydrogens (tertiary/aromatic N) is 1. The number of likely N-dealkylation sites (N-methyl/N-ethyl adjacent to an activating group) is 1. The highest BCUT2D eigenvalue weighted by Gasteiger charge is 2.39. The second-order valence-electron chi connectivity index (χ2n) is 4.60. The highest BCUT2D eigenvalue weighted by molar-refractivity contribution is 5.98. The second-order valence-corrected chi connectivity index (χ2v) is 4.60.